The second kappa shape index (κ2) is 6.57. The molecule has 2 aromatic rings. The lowest BCUT2D eigenvalue weighted by Crippen LogP contribution is -2.09. The maximum absolute atomic E-state index is 5.47. The van der Waals surface area contributed by atoms with Gasteiger partial charge in [-0.25, -0.2) is 4.68 Å². The van der Waals surface area contributed by atoms with Crippen LogP contribution in [0.4, 0.5) is 0 Å². The Bertz CT molecular complexity index is 575. The Balaban J connectivity index is 2.61. The fraction of sp³-hybridized carbons (Fsp3) is 0.438. The Labute approximate surface area is 120 Å². The van der Waals surface area contributed by atoms with E-state index in [1.54, 1.807) is 7.11 Å². The highest BCUT2D eigenvalue weighted by Crippen LogP contribution is 2.26. The number of benzene rings is 1. The average Bonchev–Trinajstić information content (AvgIpc) is 2.85. The van der Waals surface area contributed by atoms with Gasteiger partial charge < -0.3 is 10.1 Å². The molecular formula is C16H23N3O. The lowest BCUT2D eigenvalue weighted by Gasteiger charge is -2.11. The third-order valence-electron chi connectivity index (χ3n) is 3.51. The molecule has 4 heteroatoms. The number of para-hydroxylation sites is 2. The zero-order valence-corrected chi connectivity index (χ0v) is 12.7. The Morgan fingerprint density at radius 3 is 2.55 bits per heavy atom. The molecule has 0 radical (unpaired) electrons. The molecule has 0 atom stereocenters. The van der Waals surface area contributed by atoms with Crippen molar-refractivity contribution < 1.29 is 4.74 Å². The SMILES string of the molecule is CCc1nn(-c2ccccc2OC)c(CC)c1CNC. The molecule has 0 bridgehead atoms. The number of rotatable bonds is 6. The second-order valence-electron chi connectivity index (χ2n) is 4.69. The largest absolute Gasteiger partial charge is 0.494 e. The molecule has 0 amide bonds. The van der Waals surface area contributed by atoms with Crippen LogP contribution in [0.5, 0.6) is 5.75 Å². The van der Waals surface area contributed by atoms with Gasteiger partial charge in [-0.15, -0.1) is 0 Å². The maximum Gasteiger partial charge on any atom is 0.144 e. The first-order chi connectivity index (χ1) is 9.76. The zero-order chi connectivity index (χ0) is 14.5. The number of aromatic nitrogens is 2. The van der Waals surface area contributed by atoms with Gasteiger partial charge in [0.25, 0.3) is 0 Å². The molecule has 1 N–H and O–H groups in total. The van der Waals surface area contributed by atoms with E-state index in [2.05, 4.69) is 19.2 Å². The highest BCUT2D eigenvalue weighted by atomic mass is 16.5. The standard InChI is InChI=1S/C16H23N3O/c1-5-13-12(11-17-3)14(6-2)19(18-13)15-9-7-8-10-16(15)20-4/h7-10,17H,5-6,11H2,1-4H3. The normalized spacial score (nSPS) is 10.8. The van der Waals surface area contributed by atoms with Gasteiger partial charge in [-0.3, -0.25) is 0 Å². The summed E-state index contributed by atoms with van der Waals surface area (Å²) in [5, 5.41) is 8.04. The Kier molecular flexibility index (Phi) is 4.79. The van der Waals surface area contributed by atoms with Crippen molar-refractivity contribution in [3.05, 3.63) is 41.2 Å². The minimum atomic E-state index is 0.849. The van der Waals surface area contributed by atoms with E-state index >= 15 is 0 Å². The van der Waals surface area contributed by atoms with E-state index in [1.807, 2.05) is 36.0 Å². The number of hydrogen-bond acceptors (Lipinski definition) is 3. The van der Waals surface area contributed by atoms with Crippen LogP contribution in [-0.4, -0.2) is 23.9 Å². The average molecular weight is 273 g/mol. The van der Waals surface area contributed by atoms with Crippen LogP contribution in [-0.2, 0) is 19.4 Å². The molecule has 2 rings (SSSR count). The minimum absolute atomic E-state index is 0.849. The summed E-state index contributed by atoms with van der Waals surface area (Å²) in [5.41, 5.74) is 4.72. The zero-order valence-electron chi connectivity index (χ0n) is 12.7. The molecule has 0 saturated heterocycles. The van der Waals surface area contributed by atoms with Crippen LogP contribution in [0.25, 0.3) is 5.69 Å². The van der Waals surface area contributed by atoms with Gasteiger partial charge in [-0.1, -0.05) is 26.0 Å². The van der Waals surface area contributed by atoms with Crippen molar-refractivity contribution >= 4 is 0 Å². The predicted molar refractivity (Wildman–Crippen MR) is 81.6 cm³/mol. The summed E-state index contributed by atoms with van der Waals surface area (Å²) in [6, 6.07) is 8.02. The molecule has 0 aliphatic rings. The van der Waals surface area contributed by atoms with Crippen molar-refractivity contribution in [2.75, 3.05) is 14.2 Å². The maximum atomic E-state index is 5.47. The second-order valence-corrected chi connectivity index (χ2v) is 4.69. The van der Waals surface area contributed by atoms with Crippen LogP contribution in [0, 0.1) is 0 Å². The van der Waals surface area contributed by atoms with Crippen LogP contribution in [0.1, 0.15) is 30.8 Å². The van der Waals surface area contributed by atoms with Gasteiger partial charge in [0, 0.05) is 17.8 Å². The molecule has 0 aliphatic carbocycles. The summed E-state index contributed by atoms with van der Waals surface area (Å²) in [6.07, 6.45) is 1.88. The topological polar surface area (TPSA) is 39.1 Å². The highest BCUT2D eigenvalue weighted by Gasteiger charge is 2.17. The van der Waals surface area contributed by atoms with Crippen LogP contribution >= 0.6 is 0 Å². The summed E-state index contributed by atoms with van der Waals surface area (Å²) in [6.45, 7) is 5.16. The molecule has 1 aromatic heterocycles. The number of hydrogen-bond donors (Lipinski definition) is 1. The summed E-state index contributed by atoms with van der Waals surface area (Å²) in [4.78, 5) is 0. The van der Waals surface area contributed by atoms with Gasteiger partial charge in [0.05, 0.1) is 12.8 Å². The van der Waals surface area contributed by atoms with Crippen LogP contribution < -0.4 is 10.1 Å². The summed E-state index contributed by atoms with van der Waals surface area (Å²) < 4.78 is 7.50. The molecule has 20 heavy (non-hydrogen) atoms. The van der Waals surface area contributed by atoms with E-state index in [-0.39, 0.29) is 0 Å². The van der Waals surface area contributed by atoms with Crippen molar-refractivity contribution in [3.8, 4) is 11.4 Å². The minimum Gasteiger partial charge on any atom is -0.494 e. The molecule has 108 valence electrons. The van der Waals surface area contributed by atoms with Crippen LogP contribution in [0.2, 0.25) is 0 Å². The van der Waals surface area contributed by atoms with Gasteiger partial charge >= 0.3 is 0 Å². The Morgan fingerprint density at radius 2 is 1.95 bits per heavy atom. The lowest BCUT2D eigenvalue weighted by atomic mass is 10.1. The number of aryl methyl sites for hydroxylation is 1. The Hall–Kier alpha value is -1.81. The summed E-state index contributed by atoms with van der Waals surface area (Å²) in [5.74, 6) is 0.850. The van der Waals surface area contributed by atoms with Gasteiger partial charge in [-0.2, -0.15) is 5.10 Å². The molecule has 0 aliphatic heterocycles. The summed E-state index contributed by atoms with van der Waals surface area (Å²) >= 11 is 0. The smallest absolute Gasteiger partial charge is 0.144 e. The molecule has 0 fully saturated rings. The summed E-state index contributed by atoms with van der Waals surface area (Å²) in [7, 11) is 3.67. The first-order valence-corrected chi connectivity index (χ1v) is 7.14. The third-order valence-corrected chi connectivity index (χ3v) is 3.51. The Morgan fingerprint density at radius 1 is 1.20 bits per heavy atom. The van der Waals surface area contributed by atoms with Crippen molar-refractivity contribution in [2.45, 2.75) is 33.2 Å². The van der Waals surface area contributed by atoms with Crippen LogP contribution in [0.15, 0.2) is 24.3 Å². The molecule has 0 spiro atoms. The fourth-order valence-corrected chi connectivity index (χ4v) is 2.57. The third kappa shape index (κ3) is 2.56. The molecule has 1 heterocycles. The molecule has 0 saturated carbocycles. The van der Waals surface area contributed by atoms with E-state index in [0.717, 1.165) is 36.5 Å². The number of methoxy groups -OCH3 is 1. The molecule has 0 unspecified atom stereocenters. The number of nitrogens with zero attached hydrogens (tertiary/aromatic N) is 2. The van der Waals surface area contributed by atoms with Gasteiger partial charge in [0.1, 0.15) is 11.4 Å². The van der Waals surface area contributed by atoms with Crippen molar-refractivity contribution in [2.24, 2.45) is 0 Å². The number of nitrogens with one attached hydrogen (secondary N) is 1. The van der Waals surface area contributed by atoms with E-state index in [1.165, 1.54) is 11.3 Å². The van der Waals surface area contributed by atoms with Crippen molar-refractivity contribution in [3.63, 3.8) is 0 Å². The van der Waals surface area contributed by atoms with E-state index < -0.39 is 0 Å². The molecule has 4 nitrogen and oxygen atoms in total. The van der Waals surface area contributed by atoms with E-state index in [4.69, 9.17) is 9.84 Å². The first kappa shape index (κ1) is 14.6. The fourth-order valence-electron chi connectivity index (χ4n) is 2.57. The quantitative estimate of drug-likeness (QED) is 0.879. The first-order valence-electron chi connectivity index (χ1n) is 7.14. The van der Waals surface area contributed by atoms with Crippen molar-refractivity contribution in [1.29, 1.82) is 0 Å². The van der Waals surface area contributed by atoms with Crippen LogP contribution in [0.3, 0.4) is 0 Å². The predicted octanol–water partition coefficient (Wildman–Crippen LogP) is 2.73. The van der Waals surface area contributed by atoms with E-state index in [0.29, 0.717) is 0 Å². The van der Waals surface area contributed by atoms with Gasteiger partial charge in [0.15, 0.2) is 0 Å². The molecular weight excluding hydrogens is 250 g/mol. The number of ether oxygens (including phenoxy) is 1. The molecule has 1 aromatic carbocycles. The van der Waals surface area contributed by atoms with Crippen molar-refractivity contribution in [1.82, 2.24) is 15.1 Å². The monoisotopic (exact) mass is 273 g/mol. The van der Waals surface area contributed by atoms with Gasteiger partial charge in [-0.05, 0) is 32.0 Å². The highest BCUT2D eigenvalue weighted by molar-refractivity contribution is 5.48. The van der Waals surface area contributed by atoms with E-state index in [9.17, 15) is 0 Å². The lowest BCUT2D eigenvalue weighted by molar-refractivity contribution is 0.411. The van der Waals surface area contributed by atoms with Gasteiger partial charge in [0.2, 0.25) is 0 Å².